The molecule has 112 valence electrons. The minimum absolute atomic E-state index is 0.0908. The van der Waals surface area contributed by atoms with E-state index in [1.165, 1.54) is 18.2 Å². The summed E-state index contributed by atoms with van der Waals surface area (Å²) >= 11 is 0. The molecule has 0 saturated heterocycles. The van der Waals surface area contributed by atoms with Crippen LogP contribution in [0.2, 0.25) is 0 Å². The summed E-state index contributed by atoms with van der Waals surface area (Å²) in [5, 5.41) is 3.14. The van der Waals surface area contributed by atoms with Crippen LogP contribution in [0, 0.1) is 12.7 Å². The smallest absolute Gasteiger partial charge is 0.307 e. The summed E-state index contributed by atoms with van der Waals surface area (Å²) in [5.41, 5.74) is 1.02. The van der Waals surface area contributed by atoms with Gasteiger partial charge in [-0.2, -0.15) is 0 Å². The average Bonchev–Trinajstić information content (AvgIpc) is 2.76. The van der Waals surface area contributed by atoms with Crippen molar-refractivity contribution in [3.63, 3.8) is 0 Å². The molecule has 5 nitrogen and oxygen atoms in total. The molecule has 0 aliphatic carbocycles. The van der Waals surface area contributed by atoms with E-state index in [0.29, 0.717) is 23.1 Å². The third kappa shape index (κ3) is 3.39. The van der Waals surface area contributed by atoms with Crippen LogP contribution in [-0.2, 0) is 9.53 Å². The van der Waals surface area contributed by atoms with Gasteiger partial charge in [0.2, 0.25) is 0 Å². The lowest BCUT2D eigenvalue weighted by Gasteiger charge is -2.03. The Hall–Kier alpha value is -2.37. The van der Waals surface area contributed by atoms with Crippen molar-refractivity contribution in [2.75, 3.05) is 13.2 Å². The molecule has 21 heavy (non-hydrogen) atoms. The monoisotopic (exact) mass is 293 g/mol. The maximum absolute atomic E-state index is 13.2. The molecule has 1 aromatic heterocycles. The van der Waals surface area contributed by atoms with E-state index in [9.17, 15) is 14.0 Å². The van der Waals surface area contributed by atoms with Gasteiger partial charge in [0.25, 0.3) is 5.91 Å². The van der Waals surface area contributed by atoms with E-state index in [1.807, 2.05) is 0 Å². The molecule has 1 amide bonds. The first-order valence-electron chi connectivity index (χ1n) is 6.65. The highest BCUT2D eigenvalue weighted by Crippen LogP contribution is 2.25. The number of hydrogen-bond acceptors (Lipinski definition) is 4. The number of aryl methyl sites for hydroxylation is 1. The summed E-state index contributed by atoms with van der Waals surface area (Å²) in [6.45, 7) is 3.86. The van der Waals surface area contributed by atoms with Crippen molar-refractivity contribution >= 4 is 22.8 Å². The molecule has 1 aromatic carbocycles. The second kappa shape index (κ2) is 6.39. The highest BCUT2D eigenvalue weighted by atomic mass is 19.1. The summed E-state index contributed by atoms with van der Waals surface area (Å²) in [5.74, 6) is -1.07. The number of carbonyl (C=O) groups excluding carboxylic acids is 2. The zero-order valence-electron chi connectivity index (χ0n) is 11.9. The molecular formula is C15H16FNO4. The Morgan fingerprint density at radius 2 is 2.14 bits per heavy atom. The van der Waals surface area contributed by atoms with Crippen molar-refractivity contribution in [3.05, 3.63) is 35.3 Å². The third-order valence-corrected chi connectivity index (χ3v) is 3.02. The third-order valence-electron chi connectivity index (χ3n) is 3.02. The second-order valence-corrected chi connectivity index (χ2v) is 4.51. The first kappa shape index (κ1) is 15.0. The Morgan fingerprint density at radius 3 is 2.86 bits per heavy atom. The molecule has 2 rings (SSSR count). The molecule has 0 bridgehead atoms. The number of amides is 1. The minimum Gasteiger partial charge on any atom is -0.466 e. The summed E-state index contributed by atoms with van der Waals surface area (Å²) < 4.78 is 23.4. The van der Waals surface area contributed by atoms with Gasteiger partial charge in [0.15, 0.2) is 5.76 Å². The summed E-state index contributed by atoms with van der Waals surface area (Å²) in [6, 6.07) is 4.07. The predicted molar refractivity (Wildman–Crippen MR) is 74.5 cm³/mol. The Labute approximate surface area is 121 Å². The van der Waals surface area contributed by atoms with Gasteiger partial charge in [-0.25, -0.2) is 4.39 Å². The van der Waals surface area contributed by atoms with Crippen LogP contribution in [0.3, 0.4) is 0 Å². The van der Waals surface area contributed by atoms with Crippen molar-refractivity contribution < 1.29 is 23.1 Å². The number of esters is 1. The lowest BCUT2D eigenvalue weighted by molar-refractivity contribution is -0.142. The molecule has 0 unspecified atom stereocenters. The zero-order valence-corrected chi connectivity index (χ0v) is 11.9. The Morgan fingerprint density at radius 1 is 1.38 bits per heavy atom. The lowest BCUT2D eigenvalue weighted by atomic mass is 10.1. The number of halogens is 1. The van der Waals surface area contributed by atoms with Gasteiger partial charge in [-0.3, -0.25) is 9.59 Å². The van der Waals surface area contributed by atoms with Crippen LogP contribution in [-0.4, -0.2) is 25.0 Å². The van der Waals surface area contributed by atoms with E-state index < -0.39 is 5.91 Å². The van der Waals surface area contributed by atoms with Gasteiger partial charge < -0.3 is 14.5 Å². The van der Waals surface area contributed by atoms with Gasteiger partial charge in [-0.1, -0.05) is 0 Å². The first-order chi connectivity index (χ1) is 10.0. The van der Waals surface area contributed by atoms with E-state index >= 15 is 0 Å². The van der Waals surface area contributed by atoms with E-state index in [-0.39, 0.29) is 30.5 Å². The van der Waals surface area contributed by atoms with Gasteiger partial charge in [-0.15, -0.1) is 0 Å². The molecule has 0 spiro atoms. The summed E-state index contributed by atoms with van der Waals surface area (Å²) in [4.78, 5) is 23.2. The number of furan rings is 1. The average molecular weight is 293 g/mol. The van der Waals surface area contributed by atoms with Crippen molar-refractivity contribution in [1.29, 1.82) is 0 Å². The number of carbonyl (C=O) groups is 2. The van der Waals surface area contributed by atoms with Crippen LogP contribution in [0.15, 0.2) is 22.6 Å². The van der Waals surface area contributed by atoms with Gasteiger partial charge in [0.05, 0.1) is 13.0 Å². The molecule has 2 aromatic rings. The number of fused-ring (bicyclic) bond motifs is 1. The van der Waals surface area contributed by atoms with Gasteiger partial charge in [0.1, 0.15) is 11.4 Å². The number of rotatable bonds is 5. The van der Waals surface area contributed by atoms with Crippen molar-refractivity contribution in [3.8, 4) is 0 Å². The van der Waals surface area contributed by atoms with Crippen LogP contribution < -0.4 is 5.32 Å². The highest BCUT2D eigenvalue weighted by Gasteiger charge is 2.18. The zero-order chi connectivity index (χ0) is 15.4. The van der Waals surface area contributed by atoms with E-state index in [2.05, 4.69) is 5.32 Å². The first-order valence-corrected chi connectivity index (χ1v) is 6.65. The maximum Gasteiger partial charge on any atom is 0.307 e. The van der Waals surface area contributed by atoms with Gasteiger partial charge in [0, 0.05) is 17.5 Å². The molecule has 0 radical (unpaired) electrons. The standard InChI is InChI=1S/C15H16FNO4/c1-3-20-13(18)6-7-17-15(19)14-9(2)11-8-10(16)4-5-12(11)21-14/h4-5,8H,3,6-7H2,1-2H3,(H,17,19). The molecule has 6 heteroatoms. The van der Waals surface area contributed by atoms with Crippen LogP contribution in [0.5, 0.6) is 0 Å². The van der Waals surface area contributed by atoms with Crippen LogP contribution in [0.25, 0.3) is 11.0 Å². The fourth-order valence-electron chi connectivity index (χ4n) is 2.00. The fraction of sp³-hybridized carbons (Fsp3) is 0.333. The van der Waals surface area contributed by atoms with E-state index in [4.69, 9.17) is 9.15 Å². The normalized spacial score (nSPS) is 10.6. The maximum atomic E-state index is 13.2. The SMILES string of the molecule is CCOC(=O)CCNC(=O)c1oc2ccc(F)cc2c1C. The topological polar surface area (TPSA) is 68.5 Å². The molecule has 0 aliphatic heterocycles. The second-order valence-electron chi connectivity index (χ2n) is 4.51. The van der Waals surface area contributed by atoms with Crippen LogP contribution in [0.4, 0.5) is 4.39 Å². The van der Waals surface area contributed by atoms with Crippen molar-refractivity contribution in [2.45, 2.75) is 20.3 Å². The fourth-order valence-corrected chi connectivity index (χ4v) is 2.00. The Kier molecular flexibility index (Phi) is 4.57. The Bertz CT molecular complexity index is 678. The largest absolute Gasteiger partial charge is 0.466 e. The van der Waals surface area contributed by atoms with Crippen LogP contribution in [0.1, 0.15) is 29.5 Å². The molecule has 0 fully saturated rings. The van der Waals surface area contributed by atoms with Gasteiger partial charge in [-0.05, 0) is 32.0 Å². The quantitative estimate of drug-likeness (QED) is 0.860. The number of benzene rings is 1. The van der Waals surface area contributed by atoms with Crippen LogP contribution >= 0.6 is 0 Å². The molecule has 0 aliphatic rings. The lowest BCUT2D eigenvalue weighted by Crippen LogP contribution is -2.26. The minimum atomic E-state index is -0.437. The Balaban J connectivity index is 2.06. The molecule has 0 saturated carbocycles. The van der Waals surface area contributed by atoms with Crippen molar-refractivity contribution in [2.24, 2.45) is 0 Å². The van der Waals surface area contributed by atoms with E-state index in [0.717, 1.165) is 0 Å². The summed E-state index contributed by atoms with van der Waals surface area (Å²) in [6.07, 6.45) is 0.0908. The summed E-state index contributed by atoms with van der Waals surface area (Å²) in [7, 11) is 0. The van der Waals surface area contributed by atoms with Gasteiger partial charge >= 0.3 is 5.97 Å². The van der Waals surface area contributed by atoms with Crippen molar-refractivity contribution in [1.82, 2.24) is 5.32 Å². The predicted octanol–water partition coefficient (Wildman–Crippen LogP) is 2.56. The van der Waals surface area contributed by atoms with E-state index in [1.54, 1.807) is 13.8 Å². The molecular weight excluding hydrogens is 277 g/mol. The number of ether oxygens (including phenoxy) is 1. The number of hydrogen-bond donors (Lipinski definition) is 1. The molecule has 1 N–H and O–H groups in total. The molecule has 1 heterocycles. The number of nitrogens with one attached hydrogen (secondary N) is 1. The molecule has 0 atom stereocenters. The highest BCUT2D eigenvalue weighted by molar-refractivity contribution is 5.99.